The summed E-state index contributed by atoms with van der Waals surface area (Å²) in [6.07, 6.45) is 0.521. The van der Waals surface area contributed by atoms with Gasteiger partial charge in [-0.2, -0.15) is 8.42 Å². The van der Waals surface area contributed by atoms with Gasteiger partial charge in [-0.3, -0.25) is 9.04 Å². The van der Waals surface area contributed by atoms with Crippen LogP contribution < -0.4 is 0 Å². The van der Waals surface area contributed by atoms with Gasteiger partial charge in [-0.05, 0) is 6.92 Å². The zero-order chi connectivity index (χ0) is 14.9. The first-order valence-corrected chi connectivity index (χ1v) is 6.16. The second-order valence-electron chi connectivity index (χ2n) is 4.62. The fourth-order valence-corrected chi connectivity index (χ4v) is 2.67. The molecule has 0 spiro atoms. The monoisotopic (exact) mass is 282 g/mol. The lowest BCUT2D eigenvalue weighted by molar-refractivity contribution is -0.891. The van der Waals surface area contributed by atoms with Crippen LogP contribution in [-0.4, -0.2) is 65.6 Å². The molecular formula is C9H16NO7S+. The minimum Gasteiger partial charge on any atom is -0.478 e. The zero-order valence-electron chi connectivity index (χ0n) is 10.4. The number of hydrogen-bond acceptors (Lipinski definition) is 4. The highest BCUT2D eigenvalue weighted by Crippen LogP contribution is 2.28. The highest BCUT2D eigenvalue weighted by atomic mass is 32.2. The zero-order valence-corrected chi connectivity index (χ0v) is 11.2. The first-order valence-electron chi connectivity index (χ1n) is 4.72. The number of nitrogens with zero attached hydrogens (tertiary/aromatic N) is 1. The van der Waals surface area contributed by atoms with Crippen molar-refractivity contribution in [2.24, 2.45) is 0 Å². The molecule has 0 aromatic carbocycles. The van der Waals surface area contributed by atoms with Crippen molar-refractivity contribution in [3.63, 3.8) is 0 Å². The fraction of sp³-hybridized carbons (Fsp3) is 0.556. The maximum atomic E-state index is 11.4. The molecule has 0 aliphatic heterocycles. The lowest BCUT2D eigenvalue weighted by Crippen LogP contribution is -2.65. The van der Waals surface area contributed by atoms with Crippen molar-refractivity contribution in [2.75, 3.05) is 21.1 Å². The second-order valence-corrected chi connectivity index (χ2v) is 6.19. The second kappa shape index (κ2) is 4.67. The molecule has 0 saturated heterocycles. The number of hydrogen-bond donors (Lipinski definition) is 3. The van der Waals surface area contributed by atoms with Crippen molar-refractivity contribution in [1.82, 2.24) is 0 Å². The predicted molar refractivity (Wildman–Crippen MR) is 61.3 cm³/mol. The molecule has 0 saturated carbocycles. The molecule has 0 bridgehead atoms. The Labute approximate surface area is 104 Å². The third-order valence-corrected chi connectivity index (χ3v) is 4.07. The van der Waals surface area contributed by atoms with Crippen molar-refractivity contribution in [2.45, 2.75) is 11.8 Å². The number of likely N-dealkylation sites (N-methyl/N-ethyl adjacent to an activating group) is 1. The van der Waals surface area contributed by atoms with Crippen LogP contribution in [0.25, 0.3) is 0 Å². The topological polar surface area (TPSA) is 129 Å². The molecule has 0 aromatic rings. The minimum atomic E-state index is -5.08. The van der Waals surface area contributed by atoms with E-state index in [4.69, 9.17) is 10.2 Å². The molecule has 0 aliphatic carbocycles. The summed E-state index contributed by atoms with van der Waals surface area (Å²) in [7, 11) is -1.43. The number of quaternary nitrogens is 1. The predicted octanol–water partition coefficient (Wildman–Crippen LogP) is -0.608. The quantitative estimate of drug-likeness (QED) is 0.348. The van der Waals surface area contributed by atoms with Crippen LogP contribution in [0.15, 0.2) is 11.6 Å². The highest BCUT2D eigenvalue weighted by Gasteiger charge is 2.60. The van der Waals surface area contributed by atoms with Gasteiger partial charge in [0.25, 0.3) is 0 Å². The molecule has 1 atom stereocenters. The summed E-state index contributed by atoms with van der Waals surface area (Å²) in [6.45, 7) is 1.04. The first kappa shape index (κ1) is 16.6. The standard InChI is InChI=1S/C9H15NO7S/c1-6(7(11)12)5-9(8(13)14,10(2,3)4)18(15,16)17/h5H,1-4H3,(H2-,11,12,13,14,15,16,17)/p+1. The van der Waals surface area contributed by atoms with Crippen LogP contribution in [0.3, 0.4) is 0 Å². The van der Waals surface area contributed by atoms with Gasteiger partial charge in [0.2, 0.25) is 0 Å². The molecule has 0 fully saturated rings. The van der Waals surface area contributed by atoms with Crippen molar-refractivity contribution >= 4 is 22.1 Å². The van der Waals surface area contributed by atoms with Crippen LogP contribution in [-0.2, 0) is 19.7 Å². The summed E-state index contributed by atoms with van der Waals surface area (Å²) < 4.78 is 31.3. The molecule has 18 heavy (non-hydrogen) atoms. The first-order chi connectivity index (χ1) is 7.77. The molecule has 0 aliphatic rings. The van der Waals surface area contributed by atoms with E-state index >= 15 is 0 Å². The number of carboxylic acids is 2. The molecule has 1 unspecified atom stereocenters. The summed E-state index contributed by atoms with van der Waals surface area (Å²) in [5.74, 6) is -3.34. The molecule has 9 heteroatoms. The third kappa shape index (κ3) is 2.68. The summed E-state index contributed by atoms with van der Waals surface area (Å²) in [5, 5.41) is 17.8. The van der Waals surface area contributed by atoms with E-state index in [9.17, 15) is 22.6 Å². The third-order valence-electron chi connectivity index (χ3n) is 2.45. The lowest BCUT2D eigenvalue weighted by atomic mass is 10.1. The fourth-order valence-electron chi connectivity index (χ4n) is 1.43. The van der Waals surface area contributed by atoms with E-state index < -0.39 is 37.0 Å². The molecule has 0 radical (unpaired) electrons. The Morgan fingerprint density at radius 1 is 1.17 bits per heavy atom. The summed E-state index contributed by atoms with van der Waals surface area (Å²) in [6, 6.07) is 0. The van der Waals surface area contributed by atoms with Crippen LogP contribution >= 0.6 is 0 Å². The van der Waals surface area contributed by atoms with E-state index in [1.807, 2.05) is 0 Å². The Hall–Kier alpha value is -1.45. The molecule has 104 valence electrons. The van der Waals surface area contributed by atoms with E-state index in [1.54, 1.807) is 0 Å². The number of carbonyl (C=O) groups is 2. The minimum absolute atomic E-state index is 0.497. The van der Waals surface area contributed by atoms with Gasteiger partial charge in [-0.25, -0.2) is 9.59 Å². The van der Waals surface area contributed by atoms with Gasteiger partial charge < -0.3 is 10.2 Å². The number of aliphatic carboxylic acids is 2. The number of carboxylic acid groups (broad SMARTS) is 2. The SMILES string of the molecule is CC(=CC(C(=O)O)([N+](C)(C)C)S(=O)(=O)O)C(=O)O. The molecule has 3 N–H and O–H groups in total. The van der Waals surface area contributed by atoms with Crippen molar-refractivity contribution < 1.29 is 37.3 Å². The highest BCUT2D eigenvalue weighted by molar-refractivity contribution is 7.88. The summed E-state index contributed by atoms with van der Waals surface area (Å²) in [4.78, 5) is 19.2. The van der Waals surface area contributed by atoms with Gasteiger partial charge in [-0.15, -0.1) is 0 Å². The van der Waals surface area contributed by atoms with E-state index in [2.05, 4.69) is 0 Å². The maximum Gasteiger partial charge on any atom is 0.389 e. The van der Waals surface area contributed by atoms with E-state index in [0.29, 0.717) is 6.08 Å². The van der Waals surface area contributed by atoms with Crippen LogP contribution in [0.2, 0.25) is 0 Å². The Bertz CT molecular complexity index is 499. The van der Waals surface area contributed by atoms with Crippen molar-refractivity contribution in [3.8, 4) is 0 Å². The van der Waals surface area contributed by atoms with Gasteiger partial charge in [0.05, 0.1) is 21.1 Å². The van der Waals surface area contributed by atoms with Crippen LogP contribution in [0.1, 0.15) is 6.92 Å². The average Bonchev–Trinajstić information content (AvgIpc) is 2.08. The van der Waals surface area contributed by atoms with Crippen LogP contribution in [0, 0.1) is 0 Å². The molecule has 0 rings (SSSR count). The van der Waals surface area contributed by atoms with Gasteiger partial charge in [0.1, 0.15) is 0 Å². The Morgan fingerprint density at radius 3 is 1.72 bits per heavy atom. The Balaban J connectivity index is 6.44. The largest absolute Gasteiger partial charge is 0.478 e. The Kier molecular flexibility index (Phi) is 4.29. The van der Waals surface area contributed by atoms with Gasteiger partial charge >= 0.3 is 26.9 Å². The van der Waals surface area contributed by atoms with E-state index in [-0.39, 0.29) is 0 Å². The van der Waals surface area contributed by atoms with Crippen LogP contribution in [0.4, 0.5) is 0 Å². The maximum absolute atomic E-state index is 11.4. The lowest BCUT2D eigenvalue weighted by Gasteiger charge is -2.38. The van der Waals surface area contributed by atoms with Gasteiger partial charge in [0.15, 0.2) is 0 Å². The smallest absolute Gasteiger partial charge is 0.389 e. The summed E-state index contributed by atoms with van der Waals surface area (Å²) >= 11 is 0. The molecule has 8 nitrogen and oxygen atoms in total. The molecule has 0 heterocycles. The average molecular weight is 282 g/mol. The Morgan fingerprint density at radius 2 is 1.56 bits per heavy atom. The van der Waals surface area contributed by atoms with E-state index in [1.165, 1.54) is 21.1 Å². The molecule has 0 amide bonds. The van der Waals surface area contributed by atoms with Gasteiger partial charge in [0, 0.05) is 11.6 Å². The number of rotatable bonds is 5. The molecular weight excluding hydrogens is 266 g/mol. The van der Waals surface area contributed by atoms with Crippen molar-refractivity contribution in [3.05, 3.63) is 11.6 Å². The normalized spacial score (nSPS) is 17.1. The van der Waals surface area contributed by atoms with Gasteiger partial charge in [-0.1, -0.05) is 0 Å². The van der Waals surface area contributed by atoms with Crippen LogP contribution in [0.5, 0.6) is 0 Å². The van der Waals surface area contributed by atoms with Crippen molar-refractivity contribution in [1.29, 1.82) is 0 Å². The molecule has 0 aromatic heterocycles. The van der Waals surface area contributed by atoms with E-state index in [0.717, 1.165) is 6.92 Å². The summed E-state index contributed by atoms with van der Waals surface area (Å²) in [5.41, 5.74) is -0.497.